The Morgan fingerprint density at radius 3 is 2.74 bits per heavy atom. The van der Waals surface area contributed by atoms with Crippen LogP contribution in [0.4, 0.5) is 4.79 Å². The van der Waals surface area contributed by atoms with Crippen LogP contribution in [0, 0.1) is 0 Å². The smallest absolute Gasteiger partial charge is 0.411 e. The summed E-state index contributed by atoms with van der Waals surface area (Å²) in [5.74, 6) is 0. The van der Waals surface area contributed by atoms with Gasteiger partial charge >= 0.3 is 6.09 Å². The highest BCUT2D eigenvalue weighted by molar-refractivity contribution is 5.70. The van der Waals surface area contributed by atoms with Crippen LogP contribution in [0.15, 0.2) is 24.3 Å². The zero-order valence-electron chi connectivity index (χ0n) is 11.7. The number of carbonyl (C=O) groups excluding carboxylic acids is 1. The maximum absolute atomic E-state index is 12.2. The molecule has 4 nitrogen and oxygen atoms in total. The Morgan fingerprint density at radius 1 is 1.42 bits per heavy atom. The monoisotopic (exact) mass is 263 g/mol. The molecule has 0 aliphatic carbocycles. The molecule has 0 radical (unpaired) electrons. The lowest BCUT2D eigenvalue weighted by atomic mass is 10.0. The van der Waals surface area contributed by atoms with Crippen LogP contribution in [-0.4, -0.2) is 28.3 Å². The largest absolute Gasteiger partial charge is 0.444 e. The van der Waals surface area contributed by atoms with E-state index in [1.807, 2.05) is 45.0 Å². The second-order valence-corrected chi connectivity index (χ2v) is 5.84. The van der Waals surface area contributed by atoms with Gasteiger partial charge in [-0.15, -0.1) is 0 Å². The number of hydrogen-bond donors (Lipinski definition) is 1. The summed E-state index contributed by atoms with van der Waals surface area (Å²) in [7, 11) is 0. The van der Waals surface area contributed by atoms with Crippen molar-refractivity contribution in [2.75, 3.05) is 6.61 Å². The summed E-state index contributed by atoms with van der Waals surface area (Å²) < 4.78 is 5.43. The highest BCUT2D eigenvalue weighted by atomic mass is 16.6. The molecule has 0 saturated heterocycles. The number of nitrogens with zero attached hydrogens (tertiary/aromatic N) is 1. The van der Waals surface area contributed by atoms with E-state index in [1.165, 1.54) is 0 Å². The van der Waals surface area contributed by atoms with Crippen molar-refractivity contribution < 1.29 is 14.6 Å². The van der Waals surface area contributed by atoms with Gasteiger partial charge in [0.25, 0.3) is 0 Å². The zero-order valence-corrected chi connectivity index (χ0v) is 11.7. The van der Waals surface area contributed by atoms with E-state index in [0.717, 1.165) is 11.1 Å². The predicted octanol–water partition coefficient (Wildman–Crippen LogP) is 2.86. The summed E-state index contributed by atoms with van der Waals surface area (Å²) in [5, 5.41) is 9.21. The normalized spacial score (nSPS) is 18.3. The molecule has 0 saturated carbocycles. The fourth-order valence-corrected chi connectivity index (χ4v) is 2.41. The minimum absolute atomic E-state index is 0.0539. The summed E-state index contributed by atoms with van der Waals surface area (Å²) in [6.45, 7) is 6.17. The van der Waals surface area contributed by atoms with Crippen molar-refractivity contribution in [3.63, 3.8) is 0 Å². The third-order valence-electron chi connectivity index (χ3n) is 3.16. The lowest BCUT2D eigenvalue weighted by molar-refractivity contribution is 0.0150. The molecule has 0 aromatic heterocycles. The second kappa shape index (κ2) is 5.21. The number of aliphatic hydroxyl groups excluding tert-OH is 1. The van der Waals surface area contributed by atoms with Crippen molar-refractivity contribution in [1.82, 2.24) is 4.90 Å². The minimum atomic E-state index is -0.504. The predicted molar refractivity (Wildman–Crippen MR) is 72.7 cm³/mol. The van der Waals surface area contributed by atoms with E-state index in [0.29, 0.717) is 13.0 Å². The van der Waals surface area contributed by atoms with E-state index in [4.69, 9.17) is 4.74 Å². The second-order valence-electron chi connectivity index (χ2n) is 5.84. The topological polar surface area (TPSA) is 49.8 Å². The number of hydrogen-bond acceptors (Lipinski definition) is 3. The molecule has 1 N–H and O–H groups in total. The van der Waals surface area contributed by atoms with E-state index < -0.39 is 5.60 Å². The minimum Gasteiger partial charge on any atom is -0.444 e. The lowest BCUT2D eigenvalue weighted by Gasteiger charge is -2.28. The van der Waals surface area contributed by atoms with Gasteiger partial charge in [0.05, 0.1) is 6.04 Å². The van der Waals surface area contributed by atoms with Gasteiger partial charge in [-0.3, -0.25) is 4.90 Å². The van der Waals surface area contributed by atoms with Gasteiger partial charge in [-0.2, -0.15) is 0 Å². The molecule has 1 heterocycles. The Bertz CT molecular complexity index is 465. The van der Waals surface area contributed by atoms with Crippen LogP contribution in [0.3, 0.4) is 0 Å². The van der Waals surface area contributed by atoms with Gasteiger partial charge < -0.3 is 9.84 Å². The number of ether oxygens (including phenoxy) is 1. The van der Waals surface area contributed by atoms with Crippen LogP contribution in [0.5, 0.6) is 0 Å². The molecular formula is C15H21NO3. The average Bonchev–Trinajstić information content (AvgIpc) is 2.67. The van der Waals surface area contributed by atoms with Crippen LogP contribution in [0.2, 0.25) is 0 Å². The maximum atomic E-state index is 12.2. The first-order valence-corrected chi connectivity index (χ1v) is 6.60. The van der Waals surface area contributed by atoms with Crippen molar-refractivity contribution >= 4 is 6.09 Å². The standard InChI is InChI=1S/C15H21NO3/c1-15(2,3)19-14(18)16-10-11-6-4-5-7-12(11)13(16)8-9-17/h4-7,13,17H,8-10H2,1-3H3. The average molecular weight is 263 g/mol. The maximum Gasteiger partial charge on any atom is 0.411 e. The van der Waals surface area contributed by atoms with Gasteiger partial charge in [0, 0.05) is 13.2 Å². The van der Waals surface area contributed by atoms with Gasteiger partial charge in [-0.1, -0.05) is 24.3 Å². The molecule has 2 rings (SSSR count). The van der Waals surface area contributed by atoms with Gasteiger partial charge in [0.1, 0.15) is 5.60 Å². The molecule has 0 fully saturated rings. The first-order valence-electron chi connectivity index (χ1n) is 6.60. The zero-order chi connectivity index (χ0) is 14.0. The fraction of sp³-hybridized carbons (Fsp3) is 0.533. The molecule has 1 aliphatic heterocycles. The Labute approximate surface area is 114 Å². The molecule has 1 atom stereocenters. The SMILES string of the molecule is CC(C)(C)OC(=O)N1Cc2ccccc2C1CCO. The number of amides is 1. The van der Waals surface area contributed by atoms with Crippen LogP contribution < -0.4 is 0 Å². The van der Waals surface area contributed by atoms with Gasteiger partial charge in [0.15, 0.2) is 0 Å². The number of carbonyl (C=O) groups is 1. The Hall–Kier alpha value is -1.55. The number of rotatable bonds is 2. The molecule has 1 unspecified atom stereocenters. The summed E-state index contributed by atoms with van der Waals surface area (Å²) >= 11 is 0. The Balaban J connectivity index is 2.21. The van der Waals surface area contributed by atoms with Crippen molar-refractivity contribution in [1.29, 1.82) is 0 Å². The number of benzene rings is 1. The van der Waals surface area contributed by atoms with Crippen molar-refractivity contribution in [3.8, 4) is 0 Å². The first kappa shape index (κ1) is 13.9. The van der Waals surface area contributed by atoms with Crippen molar-refractivity contribution in [3.05, 3.63) is 35.4 Å². The molecule has 1 aromatic rings. The lowest BCUT2D eigenvalue weighted by Crippen LogP contribution is -2.36. The summed E-state index contributed by atoms with van der Waals surface area (Å²) in [6.07, 6.45) is 0.220. The van der Waals surface area contributed by atoms with Crippen LogP contribution in [0.25, 0.3) is 0 Å². The molecule has 104 valence electrons. The quantitative estimate of drug-likeness (QED) is 0.892. The van der Waals surface area contributed by atoms with E-state index in [1.54, 1.807) is 4.90 Å². The Morgan fingerprint density at radius 2 is 2.11 bits per heavy atom. The number of aliphatic hydroxyl groups is 1. The third kappa shape index (κ3) is 3.07. The molecule has 1 amide bonds. The van der Waals surface area contributed by atoms with E-state index >= 15 is 0 Å². The van der Waals surface area contributed by atoms with Crippen LogP contribution >= 0.6 is 0 Å². The van der Waals surface area contributed by atoms with E-state index in [-0.39, 0.29) is 18.7 Å². The molecular weight excluding hydrogens is 242 g/mol. The van der Waals surface area contributed by atoms with Gasteiger partial charge in [-0.25, -0.2) is 4.79 Å². The van der Waals surface area contributed by atoms with Gasteiger partial charge in [0.2, 0.25) is 0 Å². The molecule has 0 spiro atoms. The first-order chi connectivity index (χ1) is 8.92. The summed E-state index contributed by atoms with van der Waals surface area (Å²) in [6, 6.07) is 7.87. The summed E-state index contributed by atoms with van der Waals surface area (Å²) in [4.78, 5) is 13.9. The number of fused-ring (bicyclic) bond motifs is 1. The van der Waals surface area contributed by atoms with Crippen molar-refractivity contribution in [2.24, 2.45) is 0 Å². The van der Waals surface area contributed by atoms with Crippen LogP contribution in [0.1, 0.15) is 44.4 Å². The molecule has 19 heavy (non-hydrogen) atoms. The molecule has 4 heteroatoms. The van der Waals surface area contributed by atoms with Crippen molar-refractivity contribution in [2.45, 2.75) is 45.4 Å². The highest BCUT2D eigenvalue weighted by Crippen LogP contribution is 2.36. The fourth-order valence-electron chi connectivity index (χ4n) is 2.41. The highest BCUT2D eigenvalue weighted by Gasteiger charge is 2.35. The van der Waals surface area contributed by atoms with E-state index in [2.05, 4.69) is 0 Å². The third-order valence-corrected chi connectivity index (χ3v) is 3.16. The van der Waals surface area contributed by atoms with Gasteiger partial charge in [-0.05, 0) is 38.3 Å². The summed E-state index contributed by atoms with van der Waals surface area (Å²) in [5.41, 5.74) is 1.74. The Kier molecular flexibility index (Phi) is 3.80. The molecule has 1 aromatic carbocycles. The van der Waals surface area contributed by atoms with E-state index in [9.17, 15) is 9.90 Å². The molecule has 0 bridgehead atoms. The molecule has 1 aliphatic rings. The van der Waals surface area contributed by atoms with Crippen LogP contribution in [-0.2, 0) is 11.3 Å².